The summed E-state index contributed by atoms with van der Waals surface area (Å²) < 4.78 is 7.14. The average Bonchev–Trinajstić information content (AvgIpc) is 3.31. The van der Waals surface area contributed by atoms with E-state index in [9.17, 15) is 4.79 Å². The molecule has 26 heavy (non-hydrogen) atoms. The molecule has 0 aliphatic carbocycles. The predicted molar refractivity (Wildman–Crippen MR) is 102 cm³/mol. The molecular formula is C21H20N2O2S. The van der Waals surface area contributed by atoms with E-state index < -0.39 is 6.10 Å². The number of piperidine rings is 1. The maximum Gasteiger partial charge on any atom is 0.264 e. The number of carbonyl (C=O) groups excluding carboxylic acids is 1. The standard InChI is InChI=1S/C21H20N2O2S/c24-21(18-13-14-7-1-3-10-17(14)25-18)23-12-6-5-9-16(23)20-22-15-8-2-4-11-19(15)26-20/h1-4,7-8,10-11,16,18H,5-6,9,12-13H2/t16-,18-/m1/s1. The number of carbonyl (C=O) groups is 1. The number of benzene rings is 2. The number of hydrogen-bond acceptors (Lipinski definition) is 4. The molecule has 2 atom stereocenters. The summed E-state index contributed by atoms with van der Waals surface area (Å²) in [6, 6.07) is 16.2. The van der Waals surface area contributed by atoms with Gasteiger partial charge in [0, 0.05) is 13.0 Å². The summed E-state index contributed by atoms with van der Waals surface area (Å²) in [4.78, 5) is 20.1. The molecular weight excluding hydrogens is 344 g/mol. The van der Waals surface area contributed by atoms with Gasteiger partial charge >= 0.3 is 0 Å². The van der Waals surface area contributed by atoms with Crippen molar-refractivity contribution in [3.8, 4) is 5.75 Å². The third-order valence-corrected chi connectivity index (χ3v) is 6.44. The molecule has 2 aromatic carbocycles. The van der Waals surface area contributed by atoms with Gasteiger partial charge in [-0.2, -0.15) is 0 Å². The van der Waals surface area contributed by atoms with E-state index in [0.717, 1.165) is 47.6 Å². The van der Waals surface area contributed by atoms with Crippen LogP contribution in [0.5, 0.6) is 5.75 Å². The van der Waals surface area contributed by atoms with Crippen molar-refractivity contribution in [1.82, 2.24) is 9.88 Å². The van der Waals surface area contributed by atoms with Crippen molar-refractivity contribution in [3.63, 3.8) is 0 Å². The van der Waals surface area contributed by atoms with Gasteiger partial charge in [-0.15, -0.1) is 11.3 Å². The van der Waals surface area contributed by atoms with Crippen LogP contribution >= 0.6 is 11.3 Å². The van der Waals surface area contributed by atoms with E-state index in [4.69, 9.17) is 9.72 Å². The number of fused-ring (bicyclic) bond motifs is 2. The first-order valence-electron chi connectivity index (χ1n) is 9.20. The maximum atomic E-state index is 13.2. The van der Waals surface area contributed by atoms with Crippen molar-refractivity contribution in [2.45, 2.75) is 37.8 Å². The van der Waals surface area contributed by atoms with Gasteiger partial charge in [0.2, 0.25) is 0 Å². The summed E-state index contributed by atoms with van der Waals surface area (Å²) in [6.45, 7) is 0.787. The largest absolute Gasteiger partial charge is 0.480 e. The molecule has 0 spiro atoms. The maximum absolute atomic E-state index is 13.2. The number of thiazole rings is 1. The van der Waals surface area contributed by atoms with Crippen molar-refractivity contribution < 1.29 is 9.53 Å². The second-order valence-corrected chi connectivity index (χ2v) is 8.04. The Hall–Kier alpha value is -2.40. The highest BCUT2D eigenvalue weighted by Crippen LogP contribution is 2.37. The molecule has 0 unspecified atom stereocenters. The Kier molecular flexibility index (Phi) is 3.89. The Morgan fingerprint density at radius 1 is 1.12 bits per heavy atom. The molecule has 1 amide bonds. The van der Waals surface area contributed by atoms with Gasteiger partial charge in [0.15, 0.2) is 6.10 Å². The van der Waals surface area contributed by atoms with Gasteiger partial charge in [-0.25, -0.2) is 4.98 Å². The fourth-order valence-corrected chi connectivity index (χ4v) is 5.10. The minimum Gasteiger partial charge on any atom is -0.480 e. The van der Waals surface area contributed by atoms with Crippen LogP contribution in [0.1, 0.15) is 35.9 Å². The molecule has 2 aliphatic rings. The number of nitrogens with zero attached hydrogens (tertiary/aromatic N) is 2. The number of aromatic nitrogens is 1. The van der Waals surface area contributed by atoms with E-state index >= 15 is 0 Å². The second-order valence-electron chi connectivity index (χ2n) is 6.98. The first-order valence-corrected chi connectivity index (χ1v) is 10.0. The van der Waals surface area contributed by atoms with Gasteiger partial charge in [-0.05, 0) is 43.0 Å². The van der Waals surface area contributed by atoms with Crippen LogP contribution in [0, 0.1) is 0 Å². The Balaban J connectivity index is 1.42. The Morgan fingerprint density at radius 3 is 2.85 bits per heavy atom. The molecule has 0 saturated carbocycles. The SMILES string of the molecule is O=C([C@H]1Cc2ccccc2O1)N1CCCC[C@@H]1c1nc2ccccc2s1. The summed E-state index contributed by atoms with van der Waals surface area (Å²) in [7, 11) is 0. The van der Waals surface area contributed by atoms with E-state index in [2.05, 4.69) is 6.07 Å². The molecule has 3 aromatic rings. The third-order valence-electron chi connectivity index (χ3n) is 5.30. The van der Waals surface area contributed by atoms with Crippen LogP contribution in [0.15, 0.2) is 48.5 Å². The molecule has 2 aliphatic heterocycles. The van der Waals surface area contributed by atoms with Gasteiger partial charge in [0.05, 0.1) is 16.3 Å². The lowest BCUT2D eigenvalue weighted by Crippen LogP contribution is -2.45. The summed E-state index contributed by atoms with van der Waals surface area (Å²) >= 11 is 1.71. The van der Waals surface area contributed by atoms with Crippen molar-refractivity contribution in [3.05, 3.63) is 59.1 Å². The molecule has 1 saturated heterocycles. The lowest BCUT2D eigenvalue weighted by atomic mass is 10.0. The van der Waals surface area contributed by atoms with Crippen LogP contribution in [0.2, 0.25) is 0 Å². The zero-order valence-corrected chi connectivity index (χ0v) is 15.2. The molecule has 1 fully saturated rings. The van der Waals surface area contributed by atoms with Crippen LogP contribution < -0.4 is 4.74 Å². The zero-order chi connectivity index (χ0) is 17.5. The second kappa shape index (κ2) is 6.40. The number of rotatable bonds is 2. The normalized spacial score (nSPS) is 22.2. The lowest BCUT2D eigenvalue weighted by molar-refractivity contribution is -0.142. The molecule has 0 radical (unpaired) electrons. The van der Waals surface area contributed by atoms with E-state index in [1.165, 1.54) is 4.70 Å². The predicted octanol–water partition coefficient (Wildman–Crippen LogP) is 4.35. The molecule has 5 heteroatoms. The first-order chi connectivity index (χ1) is 12.8. The Morgan fingerprint density at radius 2 is 1.96 bits per heavy atom. The molecule has 4 nitrogen and oxygen atoms in total. The molecule has 132 valence electrons. The number of ether oxygens (including phenoxy) is 1. The summed E-state index contributed by atoms with van der Waals surface area (Å²) in [5, 5.41) is 1.05. The first kappa shape index (κ1) is 15.8. The van der Waals surface area contributed by atoms with Crippen LogP contribution in [-0.2, 0) is 11.2 Å². The average molecular weight is 364 g/mol. The highest BCUT2D eigenvalue weighted by atomic mass is 32.1. The van der Waals surface area contributed by atoms with E-state index in [0.29, 0.717) is 6.42 Å². The fraction of sp³-hybridized carbons (Fsp3) is 0.333. The molecule has 1 aromatic heterocycles. The minimum atomic E-state index is -0.401. The third kappa shape index (κ3) is 2.67. The van der Waals surface area contributed by atoms with Crippen molar-refractivity contribution in [1.29, 1.82) is 0 Å². The van der Waals surface area contributed by atoms with Gasteiger partial charge in [-0.1, -0.05) is 30.3 Å². The highest BCUT2D eigenvalue weighted by Gasteiger charge is 2.37. The number of para-hydroxylation sites is 2. The molecule has 5 rings (SSSR count). The van der Waals surface area contributed by atoms with Crippen LogP contribution in [-0.4, -0.2) is 28.4 Å². The number of likely N-dealkylation sites (tertiary alicyclic amines) is 1. The molecule has 3 heterocycles. The molecule has 0 bridgehead atoms. The lowest BCUT2D eigenvalue weighted by Gasteiger charge is -2.35. The van der Waals surface area contributed by atoms with Gasteiger partial charge in [0.1, 0.15) is 10.8 Å². The van der Waals surface area contributed by atoms with Gasteiger partial charge in [-0.3, -0.25) is 4.79 Å². The molecule has 0 N–H and O–H groups in total. The Bertz CT molecular complexity index is 909. The monoisotopic (exact) mass is 364 g/mol. The number of hydrogen-bond donors (Lipinski definition) is 0. The Labute approximate surface area is 156 Å². The van der Waals surface area contributed by atoms with Gasteiger partial charge in [0.25, 0.3) is 5.91 Å². The smallest absolute Gasteiger partial charge is 0.264 e. The highest BCUT2D eigenvalue weighted by molar-refractivity contribution is 7.18. The summed E-state index contributed by atoms with van der Waals surface area (Å²) in [5.74, 6) is 0.949. The quantitative estimate of drug-likeness (QED) is 0.679. The van der Waals surface area contributed by atoms with E-state index in [1.54, 1.807) is 11.3 Å². The minimum absolute atomic E-state index is 0.0703. The van der Waals surface area contributed by atoms with E-state index in [1.807, 2.05) is 47.4 Å². The van der Waals surface area contributed by atoms with Gasteiger partial charge < -0.3 is 9.64 Å². The topological polar surface area (TPSA) is 42.4 Å². The number of amides is 1. The van der Waals surface area contributed by atoms with E-state index in [-0.39, 0.29) is 11.9 Å². The summed E-state index contributed by atoms with van der Waals surface area (Å²) in [6.07, 6.45) is 3.43. The van der Waals surface area contributed by atoms with Crippen molar-refractivity contribution in [2.24, 2.45) is 0 Å². The van der Waals surface area contributed by atoms with Crippen molar-refractivity contribution in [2.75, 3.05) is 6.54 Å². The van der Waals surface area contributed by atoms with Crippen LogP contribution in [0.3, 0.4) is 0 Å². The van der Waals surface area contributed by atoms with Crippen LogP contribution in [0.25, 0.3) is 10.2 Å². The van der Waals surface area contributed by atoms with Crippen LogP contribution in [0.4, 0.5) is 0 Å². The fourth-order valence-electron chi connectivity index (χ4n) is 3.99. The zero-order valence-electron chi connectivity index (χ0n) is 14.4. The van der Waals surface area contributed by atoms with Crippen molar-refractivity contribution >= 4 is 27.5 Å². The summed E-state index contributed by atoms with van der Waals surface area (Å²) in [5.41, 5.74) is 2.15.